The highest BCUT2D eigenvalue weighted by atomic mass is 19.1. The van der Waals surface area contributed by atoms with E-state index in [0.717, 1.165) is 77.2 Å². The number of anilines is 1. The second kappa shape index (κ2) is 12.5. The average molecular weight is 698 g/mol. The van der Waals surface area contributed by atoms with Crippen molar-refractivity contribution < 1.29 is 23.4 Å². The average Bonchev–Trinajstić information content (AvgIpc) is 3.79. The number of nitrogens with one attached hydrogen (secondary N) is 1. The summed E-state index contributed by atoms with van der Waals surface area (Å²) in [7, 11) is 0. The number of likely N-dealkylation sites (tertiary alicyclic amines) is 1. The van der Waals surface area contributed by atoms with Crippen LogP contribution in [0.1, 0.15) is 76.3 Å². The minimum absolute atomic E-state index is 0.00341. The fraction of sp³-hybridized carbons (Fsp3) is 0.561. The number of ether oxygens (including phenoxy) is 2. The van der Waals surface area contributed by atoms with Gasteiger partial charge < -0.3 is 29.7 Å². The van der Waals surface area contributed by atoms with E-state index in [1.807, 2.05) is 26.8 Å². The zero-order valence-corrected chi connectivity index (χ0v) is 30.0. The first kappa shape index (κ1) is 33.3. The summed E-state index contributed by atoms with van der Waals surface area (Å²) in [5.41, 5.74) is 2.73. The molecule has 270 valence electrons. The number of halogens is 2. The Morgan fingerprint density at radius 3 is 2.41 bits per heavy atom. The third-order valence-corrected chi connectivity index (χ3v) is 12.6. The number of hydrogen-bond donors (Lipinski definition) is 2. The van der Waals surface area contributed by atoms with Gasteiger partial charge in [0.25, 0.3) is 0 Å². The number of aromatic hydroxyl groups is 1. The number of phenolic OH excluding ortho intramolecular Hbond substituents is 1. The number of rotatable bonds is 9. The third-order valence-electron chi connectivity index (χ3n) is 12.6. The van der Waals surface area contributed by atoms with Crippen LogP contribution in [0.3, 0.4) is 0 Å². The van der Waals surface area contributed by atoms with Gasteiger partial charge in [-0.2, -0.15) is 9.97 Å². The number of hydrogen-bond acceptors (Lipinski definition) is 8. The maximum absolute atomic E-state index is 17.6. The van der Waals surface area contributed by atoms with Crippen LogP contribution in [0.4, 0.5) is 14.6 Å². The number of aromatic nitrogens is 2. The molecule has 3 aromatic carbocycles. The van der Waals surface area contributed by atoms with Gasteiger partial charge in [0.15, 0.2) is 5.82 Å². The van der Waals surface area contributed by atoms with Gasteiger partial charge in [0.05, 0.1) is 19.8 Å². The summed E-state index contributed by atoms with van der Waals surface area (Å²) < 4.78 is 44.9. The Kier molecular flexibility index (Phi) is 8.16. The van der Waals surface area contributed by atoms with Crippen molar-refractivity contribution in [1.29, 1.82) is 0 Å². The van der Waals surface area contributed by atoms with E-state index in [-0.39, 0.29) is 34.4 Å². The van der Waals surface area contributed by atoms with Crippen LogP contribution in [0, 0.1) is 22.5 Å². The molecule has 9 rings (SSSR count). The summed E-state index contributed by atoms with van der Waals surface area (Å²) in [6.45, 7) is 13.0. The van der Waals surface area contributed by atoms with Gasteiger partial charge in [0.2, 0.25) is 0 Å². The minimum Gasteiger partial charge on any atom is -0.508 e. The molecule has 1 aromatic heterocycles. The first-order valence-corrected chi connectivity index (χ1v) is 19.1. The molecule has 2 N–H and O–H groups in total. The summed E-state index contributed by atoms with van der Waals surface area (Å²) in [6.07, 6.45) is 7.21. The quantitative estimate of drug-likeness (QED) is 0.188. The lowest BCUT2D eigenvalue weighted by atomic mass is 9.76. The predicted octanol–water partition coefficient (Wildman–Crippen LogP) is 7.33. The molecule has 0 radical (unpaired) electrons. The highest BCUT2D eigenvalue weighted by Gasteiger charge is 2.48. The molecule has 4 saturated heterocycles. The summed E-state index contributed by atoms with van der Waals surface area (Å²) in [5, 5.41) is 16.5. The molecule has 4 aliphatic heterocycles. The van der Waals surface area contributed by atoms with Crippen LogP contribution in [0.25, 0.3) is 32.8 Å². The van der Waals surface area contributed by atoms with Crippen molar-refractivity contribution in [3.8, 4) is 22.9 Å². The second-order valence-corrected chi connectivity index (χ2v) is 16.6. The van der Waals surface area contributed by atoms with E-state index in [1.165, 1.54) is 18.9 Å². The van der Waals surface area contributed by atoms with Gasteiger partial charge in [0, 0.05) is 53.5 Å². The van der Waals surface area contributed by atoms with Gasteiger partial charge in [-0.05, 0) is 116 Å². The first-order chi connectivity index (χ1) is 24.6. The normalized spacial score (nSPS) is 23.8. The Hall–Kier alpha value is -3.60. The van der Waals surface area contributed by atoms with Crippen molar-refractivity contribution in [2.75, 3.05) is 57.4 Å². The topological polar surface area (TPSA) is 83.0 Å². The monoisotopic (exact) mass is 697 g/mol. The molecule has 10 heteroatoms. The molecule has 1 saturated carbocycles. The lowest BCUT2D eigenvalue weighted by Gasteiger charge is -2.47. The molecule has 51 heavy (non-hydrogen) atoms. The fourth-order valence-corrected chi connectivity index (χ4v) is 9.34. The van der Waals surface area contributed by atoms with Gasteiger partial charge in [-0.1, -0.05) is 26.8 Å². The van der Waals surface area contributed by atoms with Gasteiger partial charge >= 0.3 is 6.01 Å². The molecule has 2 unspecified atom stereocenters. The van der Waals surface area contributed by atoms with Crippen molar-refractivity contribution in [3.63, 3.8) is 0 Å². The van der Waals surface area contributed by atoms with E-state index in [4.69, 9.17) is 19.4 Å². The predicted molar refractivity (Wildman–Crippen MR) is 196 cm³/mol. The molecule has 2 atom stereocenters. The lowest BCUT2D eigenvalue weighted by molar-refractivity contribution is -0.140. The van der Waals surface area contributed by atoms with Crippen LogP contribution in [-0.4, -0.2) is 84.6 Å². The number of piperazine rings is 1. The van der Waals surface area contributed by atoms with Crippen LogP contribution in [0.15, 0.2) is 30.3 Å². The maximum Gasteiger partial charge on any atom is 0.319 e. The zero-order chi connectivity index (χ0) is 35.1. The van der Waals surface area contributed by atoms with E-state index in [9.17, 15) is 5.11 Å². The molecular formula is C41H49F2N5O3. The van der Waals surface area contributed by atoms with E-state index in [2.05, 4.69) is 15.1 Å². The van der Waals surface area contributed by atoms with Gasteiger partial charge in [-0.15, -0.1) is 0 Å². The van der Waals surface area contributed by atoms with E-state index in [0.29, 0.717) is 69.2 Å². The van der Waals surface area contributed by atoms with Gasteiger partial charge in [-0.3, -0.25) is 0 Å². The van der Waals surface area contributed by atoms with Crippen LogP contribution < -0.4 is 15.0 Å². The second-order valence-electron chi connectivity index (χ2n) is 16.6. The Balaban J connectivity index is 1.13. The molecule has 1 spiro atoms. The van der Waals surface area contributed by atoms with Crippen molar-refractivity contribution in [2.24, 2.45) is 10.8 Å². The smallest absolute Gasteiger partial charge is 0.319 e. The number of nitrogens with zero attached hydrogens (tertiary/aromatic N) is 4. The molecular weight excluding hydrogens is 648 g/mol. The van der Waals surface area contributed by atoms with E-state index in [1.54, 1.807) is 18.2 Å². The molecule has 0 amide bonds. The largest absolute Gasteiger partial charge is 0.508 e. The van der Waals surface area contributed by atoms with Crippen molar-refractivity contribution >= 4 is 27.5 Å². The van der Waals surface area contributed by atoms with Crippen LogP contribution in [0.5, 0.6) is 11.8 Å². The van der Waals surface area contributed by atoms with Gasteiger partial charge in [-0.25, -0.2) is 8.78 Å². The highest BCUT2D eigenvalue weighted by molar-refractivity contribution is 6.04. The minimum atomic E-state index is -0.496. The fourth-order valence-electron chi connectivity index (χ4n) is 9.34. The van der Waals surface area contributed by atoms with E-state index >= 15 is 8.78 Å². The maximum atomic E-state index is 17.6. The SMILES string of the molecule is CCc1c(F)ccc2cc(O)cc(-c3c(C(C)C)cc4c(N5CC6CCC(C5)N6)nc(OCC5(CN6CCC7(CC6)COC7)CC5)nc4c3F)c12. The van der Waals surface area contributed by atoms with Gasteiger partial charge in [0.1, 0.15) is 22.9 Å². The molecule has 4 aromatic rings. The molecule has 5 aliphatic rings. The lowest BCUT2D eigenvalue weighted by Crippen LogP contribution is -2.52. The molecule has 5 heterocycles. The summed E-state index contributed by atoms with van der Waals surface area (Å²) in [5.74, 6) is -0.203. The Morgan fingerprint density at radius 1 is 1.02 bits per heavy atom. The molecule has 5 fully saturated rings. The van der Waals surface area contributed by atoms with Crippen molar-refractivity contribution in [1.82, 2.24) is 20.2 Å². The number of phenols is 1. The molecule has 8 nitrogen and oxygen atoms in total. The number of fused-ring (bicyclic) bond motifs is 4. The van der Waals surface area contributed by atoms with E-state index < -0.39 is 5.82 Å². The Morgan fingerprint density at radius 2 is 1.76 bits per heavy atom. The number of aryl methyl sites for hydroxylation is 1. The first-order valence-electron chi connectivity index (χ1n) is 19.1. The molecule has 2 bridgehead atoms. The summed E-state index contributed by atoms with van der Waals surface area (Å²) in [6, 6.07) is 9.21. The highest BCUT2D eigenvalue weighted by Crippen LogP contribution is 2.49. The molecule has 1 aliphatic carbocycles. The summed E-state index contributed by atoms with van der Waals surface area (Å²) in [4.78, 5) is 14.8. The number of benzene rings is 3. The van der Waals surface area contributed by atoms with Crippen LogP contribution >= 0.6 is 0 Å². The van der Waals surface area contributed by atoms with Crippen LogP contribution in [0.2, 0.25) is 0 Å². The summed E-state index contributed by atoms with van der Waals surface area (Å²) >= 11 is 0. The zero-order valence-electron chi connectivity index (χ0n) is 30.0. The third kappa shape index (κ3) is 5.91. The number of piperidine rings is 1. The van der Waals surface area contributed by atoms with Crippen molar-refractivity contribution in [3.05, 3.63) is 53.1 Å². The standard InChI is InChI=1S/C41H49F2N5O3/c1-4-29-33(42)8-5-25-15-28(49)16-31(34(25)29)35-30(24(2)3)17-32-37(36(35)43)45-39(46-38(32)48-18-26-6-7-27(19-48)44-26)51-23-40(9-10-40)20-47-13-11-41(12-14-47)21-50-22-41/h5,8,15-17,24,26-27,44,49H,4,6-7,9-14,18-23H2,1-3H3. The van der Waals surface area contributed by atoms with Crippen LogP contribution in [-0.2, 0) is 11.2 Å². The Labute approximate surface area is 298 Å². The van der Waals surface area contributed by atoms with Crippen molar-refractivity contribution in [2.45, 2.75) is 83.7 Å². The Bertz CT molecular complexity index is 1990.